The lowest BCUT2D eigenvalue weighted by atomic mass is 10.1. The van der Waals surface area contributed by atoms with Gasteiger partial charge in [0.1, 0.15) is 5.78 Å². The molecule has 0 heterocycles. The fourth-order valence-corrected chi connectivity index (χ4v) is 1.14. The van der Waals surface area contributed by atoms with Gasteiger partial charge in [0.05, 0.1) is 4.92 Å². The van der Waals surface area contributed by atoms with Crippen molar-refractivity contribution in [2.45, 2.75) is 13.3 Å². The van der Waals surface area contributed by atoms with Crippen LogP contribution in [0.15, 0.2) is 18.2 Å². The van der Waals surface area contributed by atoms with Crippen LogP contribution in [-0.2, 0) is 11.2 Å². The van der Waals surface area contributed by atoms with Crippen molar-refractivity contribution in [2.75, 3.05) is 0 Å². The summed E-state index contributed by atoms with van der Waals surface area (Å²) in [5.74, 6) is -0.575. The molecule has 5 nitrogen and oxygen atoms in total. The number of hydrogen-bond acceptors (Lipinski definition) is 4. The van der Waals surface area contributed by atoms with Crippen LogP contribution in [0.25, 0.3) is 0 Å². The minimum Gasteiger partial charge on any atom is -0.502 e. The van der Waals surface area contributed by atoms with Gasteiger partial charge in [0.15, 0.2) is 5.75 Å². The second kappa shape index (κ2) is 3.87. The van der Waals surface area contributed by atoms with E-state index >= 15 is 0 Å². The van der Waals surface area contributed by atoms with Crippen LogP contribution in [0.5, 0.6) is 5.75 Å². The van der Waals surface area contributed by atoms with E-state index in [2.05, 4.69) is 0 Å². The van der Waals surface area contributed by atoms with Crippen LogP contribution in [0.2, 0.25) is 0 Å². The van der Waals surface area contributed by atoms with Gasteiger partial charge in [-0.05, 0) is 6.92 Å². The number of rotatable bonds is 3. The minimum absolute atomic E-state index is 0.00745. The Labute approximate surface area is 80.1 Å². The molecule has 0 aliphatic rings. The molecule has 0 spiro atoms. The lowest BCUT2D eigenvalue weighted by molar-refractivity contribution is -0.385. The lowest BCUT2D eigenvalue weighted by Crippen LogP contribution is -1.98. The number of nitro benzene ring substituents is 1. The van der Waals surface area contributed by atoms with E-state index in [9.17, 15) is 20.0 Å². The Balaban J connectivity index is 3.13. The van der Waals surface area contributed by atoms with Gasteiger partial charge in [-0.3, -0.25) is 14.9 Å². The summed E-state index contributed by atoms with van der Waals surface area (Å²) in [7, 11) is 0. The monoisotopic (exact) mass is 195 g/mol. The van der Waals surface area contributed by atoms with Crippen LogP contribution in [0, 0.1) is 10.1 Å². The molecule has 0 saturated carbocycles. The van der Waals surface area contributed by atoms with Gasteiger partial charge < -0.3 is 5.11 Å². The average molecular weight is 195 g/mol. The summed E-state index contributed by atoms with van der Waals surface area (Å²) in [5.41, 5.74) is -0.0875. The second-order valence-electron chi connectivity index (χ2n) is 2.92. The highest BCUT2D eigenvalue weighted by molar-refractivity contribution is 5.79. The largest absolute Gasteiger partial charge is 0.502 e. The number of carbonyl (C=O) groups excluding carboxylic acids is 1. The SMILES string of the molecule is CC(=O)Cc1cccc([N+](=O)[O-])c1O. The van der Waals surface area contributed by atoms with E-state index in [1.807, 2.05) is 0 Å². The zero-order valence-corrected chi connectivity index (χ0v) is 7.56. The third kappa shape index (κ3) is 2.07. The Kier molecular flexibility index (Phi) is 2.81. The molecule has 0 unspecified atom stereocenters. The van der Waals surface area contributed by atoms with Crippen molar-refractivity contribution in [3.05, 3.63) is 33.9 Å². The van der Waals surface area contributed by atoms with Crippen LogP contribution in [0.1, 0.15) is 12.5 Å². The second-order valence-corrected chi connectivity index (χ2v) is 2.92. The van der Waals surface area contributed by atoms with Crippen molar-refractivity contribution >= 4 is 11.5 Å². The third-order valence-electron chi connectivity index (χ3n) is 1.73. The van der Waals surface area contributed by atoms with Crippen LogP contribution < -0.4 is 0 Å². The predicted molar refractivity (Wildman–Crippen MR) is 49.1 cm³/mol. The summed E-state index contributed by atoms with van der Waals surface area (Å²) in [6, 6.07) is 4.12. The highest BCUT2D eigenvalue weighted by atomic mass is 16.6. The zero-order chi connectivity index (χ0) is 10.7. The summed E-state index contributed by atoms with van der Waals surface area (Å²) in [4.78, 5) is 20.5. The van der Waals surface area contributed by atoms with Gasteiger partial charge in [-0.15, -0.1) is 0 Å². The van der Waals surface area contributed by atoms with Crippen molar-refractivity contribution in [1.29, 1.82) is 0 Å². The van der Waals surface area contributed by atoms with E-state index in [-0.39, 0.29) is 23.5 Å². The van der Waals surface area contributed by atoms with Gasteiger partial charge in [0.25, 0.3) is 0 Å². The van der Waals surface area contributed by atoms with Gasteiger partial charge in [-0.2, -0.15) is 0 Å². The molecule has 1 rings (SSSR count). The standard InChI is InChI=1S/C9H9NO4/c1-6(11)5-7-3-2-4-8(9(7)12)10(13)14/h2-4,12H,5H2,1H3. The molecule has 1 N–H and O–H groups in total. The van der Waals surface area contributed by atoms with Gasteiger partial charge in [-0.25, -0.2) is 0 Å². The van der Waals surface area contributed by atoms with E-state index < -0.39 is 10.7 Å². The smallest absolute Gasteiger partial charge is 0.310 e. The van der Waals surface area contributed by atoms with E-state index in [0.29, 0.717) is 0 Å². The molecule has 14 heavy (non-hydrogen) atoms. The molecule has 0 amide bonds. The number of ketones is 1. The summed E-state index contributed by atoms with van der Waals surface area (Å²) in [6.07, 6.45) is 0.00745. The molecule has 0 atom stereocenters. The maximum atomic E-state index is 10.8. The first-order chi connectivity index (χ1) is 6.52. The Morgan fingerprint density at radius 2 is 2.21 bits per heavy atom. The molecule has 0 bridgehead atoms. The number of hydrogen-bond donors (Lipinski definition) is 1. The summed E-state index contributed by atoms with van der Waals surface area (Å²) in [5, 5.41) is 19.8. The topological polar surface area (TPSA) is 80.4 Å². The molecule has 0 aliphatic carbocycles. The number of benzene rings is 1. The zero-order valence-electron chi connectivity index (χ0n) is 7.56. The van der Waals surface area contributed by atoms with Crippen LogP contribution >= 0.6 is 0 Å². The fourth-order valence-electron chi connectivity index (χ4n) is 1.14. The number of nitro groups is 1. The Morgan fingerprint density at radius 1 is 1.57 bits per heavy atom. The third-order valence-corrected chi connectivity index (χ3v) is 1.73. The molecule has 5 heteroatoms. The number of carbonyl (C=O) groups is 1. The van der Waals surface area contributed by atoms with Gasteiger partial charge in [0.2, 0.25) is 0 Å². The molecule has 0 aliphatic heterocycles. The fraction of sp³-hybridized carbons (Fsp3) is 0.222. The summed E-state index contributed by atoms with van der Waals surface area (Å²) in [6.45, 7) is 1.36. The first kappa shape index (κ1) is 10.2. The molecule has 0 fully saturated rings. The normalized spacial score (nSPS) is 9.79. The van der Waals surface area contributed by atoms with Crippen molar-refractivity contribution in [2.24, 2.45) is 0 Å². The number of nitrogens with zero attached hydrogens (tertiary/aromatic N) is 1. The van der Waals surface area contributed by atoms with E-state index in [1.165, 1.54) is 25.1 Å². The highest BCUT2D eigenvalue weighted by Crippen LogP contribution is 2.29. The van der Waals surface area contributed by atoms with E-state index in [0.717, 1.165) is 0 Å². The van der Waals surface area contributed by atoms with Gasteiger partial charge >= 0.3 is 5.69 Å². The van der Waals surface area contributed by atoms with E-state index in [1.54, 1.807) is 0 Å². The molecule has 0 radical (unpaired) electrons. The van der Waals surface area contributed by atoms with Crippen LogP contribution in [0.3, 0.4) is 0 Å². The molecular weight excluding hydrogens is 186 g/mol. The van der Waals surface area contributed by atoms with Crippen LogP contribution in [-0.4, -0.2) is 15.8 Å². The molecule has 1 aromatic rings. The average Bonchev–Trinajstić information content (AvgIpc) is 2.07. The molecule has 1 aromatic carbocycles. The predicted octanol–water partition coefficient (Wildman–Crippen LogP) is 1.43. The van der Waals surface area contributed by atoms with Crippen molar-refractivity contribution < 1.29 is 14.8 Å². The Hall–Kier alpha value is -1.91. The summed E-state index contributed by atoms with van der Waals surface area (Å²) >= 11 is 0. The minimum atomic E-state index is -0.682. The molecule has 0 aromatic heterocycles. The highest BCUT2D eigenvalue weighted by Gasteiger charge is 2.16. The quantitative estimate of drug-likeness (QED) is 0.584. The maximum Gasteiger partial charge on any atom is 0.310 e. The van der Waals surface area contributed by atoms with Gasteiger partial charge in [0, 0.05) is 18.1 Å². The molecule has 74 valence electrons. The number of phenolic OH excluding ortho intramolecular Hbond substituents is 1. The van der Waals surface area contributed by atoms with E-state index in [4.69, 9.17) is 0 Å². The van der Waals surface area contributed by atoms with Gasteiger partial charge in [-0.1, -0.05) is 12.1 Å². The first-order valence-electron chi connectivity index (χ1n) is 3.97. The first-order valence-corrected chi connectivity index (χ1v) is 3.97. The molecule has 0 saturated heterocycles. The van der Waals surface area contributed by atoms with Crippen molar-refractivity contribution in [3.63, 3.8) is 0 Å². The summed E-state index contributed by atoms with van der Waals surface area (Å²) < 4.78 is 0. The Bertz CT molecular complexity index is 386. The maximum absolute atomic E-state index is 10.8. The number of Topliss-reactive ketones (excluding diaryl/α,β-unsaturated/α-hetero) is 1. The Morgan fingerprint density at radius 3 is 2.71 bits per heavy atom. The number of para-hydroxylation sites is 1. The lowest BCUT2D eigenvalue weighted by Gasteiger charge is -2.01. The van der Waals surface area contributed by atoms with Crippen molar-refractivity contribution in [3.8, 4) is 5.75 Å². The number of phenols is 1. The van der Waals surface area contributed by atoms with Crippen LogP contribution in [0.4, 0.5) is 5.69 Å². The van der Waals surface area contributed by atoms with Crippen molar-refractivity contribution in [1.82, 2.24) is 0 Å². The number of aromatic hydroxyl groups is 1. The molecular formula is C9H9NO4.